The predicted octanol–water partition coefficient (Wildman–Crippen LogP) is 3.25. The van der Waals surface area contributed by atoms with Crippen LogP contribution in [0.3, 0.4) is 0 Å². The van der Waals surface area contributed by atoms with E-state index in [9.17, 15) is 9.50 Å². The predicted molar refractivity (Wildman–Crippen MR) is 68.0 cm³/mol. The number of aryl methyl sites for hydroxylation is 1. The maximum absolute atomic E-state index is 12.9. The lowest BCUT2D eigenvalue weighted by molar-refractivity contribution is 0.108. The highest BCUT2D eigenvalue weighted by Crippen LogP contribution is 2.20. The van der Waals surface area contributed by atoms with Crippen molar-refractivity contribution in [3.8, 4) is 5.75 Å². The molecule has 0 radical (unpaired) electrons. The summed E-state index contributed by atoms with van der Waals surface area (Å²) in [6.07, 6.45) is -0.685. The van der Waals surface area contributed by atoms with Crippen LogP contribution in [0.25, 0.3) is 0 Å². The fourth-order valence-corrected chi connectivity index (χ4v) is 1.71. The van der Waals surface area contributed by atoms with Crippen LogP contribution in [-0.2, 0) is 0 Å². The Hall–Kier alpha value is -1.87. The van der Waals surface area contributed by atoms with Gasteiger partial charge in [0.15, 0.2) is 0 Å². The quantitative estimate of drug-likeness (QED) is 0.897. The third-order valence-corrected chi connectivity index (χ3v) is 2.72. The zero-order valence-corrected chi connectivity index (χ0v) is 10.1. The molecule has 0 aliphatic heterocycles. The zero-order valence-electron chi connectivity index (χ0n) is 10.1. The Kier molecular flexibility index (Phi) is 3.95. The molecule has 0 spiro atoms. The smallest absolute Gasteiger partial charge is 0.123 e. The number of aliphatic hydroxyl groups is 1. The third kappa shape index (κ3) is 3.08. The Morgan fingerprint density at radius 2 is 1.89 bits per heavy atom. The van der Waals surface area contributed by atoms with E-state index in [4.69, 9.17) is 4.74 Å². The minimum Gasteiger partial charge on any atom is -0.490 e. The maximum atomic E-state index is 12.9. The number of hydrogen-bond donors (Lipinski definition) is 1. The highest BCUT2D eigenvalue weighted by atomic mass is 19.1. The first-order valence-corrected chi connectivity index (χ1v) is 5.79. The molecule has 2 aromatic carbocycles. The van der Waals surface area contributed by atoms with Crippen molar-refractivity contribution in [1.29, 1.82) is 0 Å². The van der Waals surface area contributed by atoms with Crippen molar-refractivity contribution in [2.24, 2.45) is 0 Å². The van der Waals surface area contributed by atoms with Crippen LogP contribution in [-0.4, -0.2) is 11.7 Å². The largest absolute Gasteiger partial charge is 0.490 e. The van der Waals surface area contributed by atoms with Gasteiger partial charge in [-0.2, -0.15) is 0 Å². The second-order valence-electron chi connectivity index (χ2n) is 4.15. The van der Waals surface area contributed by atoms with E-state index in [0.717, 1.165) is 11.1 Å². The highest BCUT2D eigenvalue weighted by molar-refractivity contribution is 5.32. The summed E-state index contributed by atoms with van der Waals surface area (Å²) in [6, 6.07) is 13.6. The van der Waals surface area contributed by atoms with E-state index >= 15 is 0 Å². The van der Waals surface area contributed by atoms with Crippen molar-refractivity contribution in [3.63, 3.8) is 0 Å². The molecule has 94 valence electrons. The molecule has 0 aliphatic rings. The molecule has 2 aromatic rings. The molecule has 0 saturated heterocycles. The molecule has 2 rings (SSSR count). The molecule has 1 unspecified atom stereocenters. The molecule has 0 bridgehead atoms. The van der Waals surface area contributed by atoms with Gasteiger partial charge in [0.05, 0.1) is 0 Å². The molecule has 3 heteroatoms. The van der Waals surface area contributed by atoms with Gasteiger partial charge in [0.25, 0.3) is 0 Å². The molecule has 1 N–H and O–H groups in total. The van der Waals surface area contributed by atoms with E-state index in [1.54, 1.807) is 13.0 Å². The number of halogens is 1. The highest BCUT2D eigenvalue weighted by Gasteiger charge is 2.09. The summed E-state index contributed by atoms with van der Waals surface area (Å²) in [4.78, 5) is 0. The van der Waals surface area contributed by atoms with Crippen molar-refractivity contribution >= 4 is 0 Å². The van der Waals surface area contributed by atoms with Crippen LogP contribution in [0.5, 0.6) is 5.75 Å². The summed E-state index contributed by atoms with van der Waals surface area (Å²) in [6.45, 7) is 1.92. The molecular weight excluding hydrogens is 231 g/mol. The number of hydrogen-bond acceptors (Lipinski definition) is 2. The van der Waals surface area contributed by atoms with Gasteiger partial charge in [-0.15, -0.1) is 0 Å². The number of aliphatic hydroxyl groups excluding tert-OH is 1. The average molecular weight is 246 g/mol. The standard InChI is InChI=1S/C15H15FO2/c1-11-9-13(16)7-8-15(11)18-10-14(17)12-5-3-2-4-6-12/h2-9,14,17H,10H2,1H3. The third-order valence-electron chi connectivity index (χ3n) is 2.72. The SMILES string of the molecule is Cc1cc(F)ccc1OCC(O)c1ccccc1. The topological polar surface area (TPSA) is 29.5 Å². The second-order valence-corrected chi connectivity index (χ2v) is 4.15. The normalized spacial score (nSPS) is 12.2. The fourth-order valence-electron chi connectivity index (χ4n) is 1.71. The monoisotopic (exact) mass is 246 g/mol. The fraction of sp³-hybridized carbons (Fsp3) is 0.200. The molecule has 2 nitrogen and oxygen atoms in total. The van der Waals surface area contributed by atoms with E-state index in [2.05, 4.69) is 0 Å². The van der Waals surface area contributed by atoms with Gasteiger partial charge < -0.3 is 9.84 Å². The molecule has 0 heterocycles. The lowest BCUT2D eigenvalue weighted by Crippen LogP contribution is -2.10. The molecule has 0 saturated carbocycles. The van der Waals surface area contributed by atoms with Crippen LogP contribution in [0.15, 0.2) is 48.5 Å². The molecule has 0 fully saturated rings. The second kappa shape index (κ2) is 5.65. The average Bonchev–Trinajstić information content (AvgIpc) is 2.38. The van der Waals surface area contributed by atoms with Crippen LogP contribution in [0.2, 0.25) is 0 Å². The van der Waals surface area contributed by atoms with Crippen LogP contribution in [0, 0.1) is 12.7 Å². The Balaban J connectivity index is 1.99. The maximum Gasteiger partial charge on any atom is 0.123 e. The molecule has 1 atom stereocenters. The van der Waals surface area contributed by atoms with Crippen molar-refractivity contribution in [3.05, 3.63) is 65.5 Å². The molecule has 0 aromatic heterocycles. The Morgan fingerprint density at radius 3 is 2.56 bits per heavy atom. The van der Waals surface area contributed by atoms with Crippen LogP contribution >= 0.6 is 0 Å². The van der Waals surface area contributed by atoms with E-state index in [0.29, 0.717) is 5.75 Å². The first kappa shape index (κ1) is 12.6. The van der Waals surface area contributed by atoms with Crippen molar-refractivity contribution in [2.75, 3.05) is 6.61 Å². The van der Waals surface area contributed by atoms with Crippen molar-refractivity contribution in [1.82, 2.24) is 0 Å². The van der Waals surface area contributed by atoms with E-state index in [1.807, 2.05) is 30.3 Å². The molecule has 0 aliphatic carbocycles. The lowest BCUT2D eigenvalue weighted by Gasteiger charge is -2.14. The van der Waals surface area contributed by atoms with Gasteiger partial charge in [-0.1, -0.05) is 30.3 Å². The summed E-state index contributed by atoms with van der Waals surface area (Å²) in [5.41, 5.74) is 1.52. The minimum atomic E-state index is -0.685. The van der Waals surface area contributed by atoms with Crippen LogP contribution in [0.1, 0.15) is 17.2 Å². The van der Waals surface area contributed by atoms with Gasteiger partial charge in [0.2, 0.25) is 0 Å². The van der Waals surface area contributed by atoms with Crippen molar-refractivity contribution in [2.45, 2.75) is 13.0 Å². The first-order chi connectivity index (χ1) is 8.66. The molecule has 0 amide bonds. The summed E-state index contributed by atoms with van der Waals surface area (Å²) >= 11 is 0. The van der Waals surface area contributed by atoms with Gasteiger partial charge in [-0.3, -0.25) is 0 Å². The Labute approximate surface area is 106 Å². The summed E-state index contributed by atoms with van der Waals surface area (Å²) in [5, 5.41) is 9.93. The summed E-state index contributed by atoms with van der Waals surface area (Å²) < 4.78 is 18.4. The number of benzene rings is 2. The zero-order chi connectivity index (χ0) is 13.0. The summed E-state index contributed by atoms with van der Waals surface area (Å²) in [5.74, 6) is 0.301. The number of rotatable bonds is 4. The Morgan fingerprint density at radius 1 is 1.17 bits per heavy atom. The molecular formula is C15H15FO2. The number of ether oxygens (including phenoxy) is 1. The van der Waals surface area contributed by atoms with Gasteiger partial charge in [0, 0.05) is 0 Å². The summed E-state index contributed by atoms with van der Waals surface area (Å²) in [7, 11) is 0. The van der Waals surface area contributed by atoms with Gasteiger partial charge in [-0.25, -0.2) is 4.39 Å². The van der Waals surface area contributed by atoms with Gasteiger partial charge in [-0.05, 0) is 36.2 Å². The van der Waals surface area contributed by atoms with Crippen LogP contribution in [0.4, 0.5) is 4.39 Å². The van der Waals surface area contributed by atoms with Crippen LogP contribution < -0.4 is 4.74 Å². The Bertz CT molecular complexity index is 511. The van der Waals surface area contributed by atoms with E-state index in [1.165, 1.54) is 12.1 Å². The van der Waals surface area contributed by atoms with Crippen molar-refractivity contribution < 1.29 is 14.2 Å². The van der Waals surface area contributed by atoms with Gasteiger partial charge >= 0.3 is 0 Å². The minimum absolute atomic E-state index is 0.149. The van der Waals surface area contributed by atoms with E-state index < -0.39 is 6.10 Å². The van der Waals surface area contributed by atoms with Gasteiger partial charge in [0.1, 0.15) is 24.3 Å². The van der Waals surface area contributed by atoms with E-state index in [-0.39, 0.29) is 12.4 Å². The first-order valence-electron chi connectivity index (χ1n) is 5.79. The lowest BCUT2D eigenvalue weighted by atomic mass is 10.1. The molecule has 18 heavy (non-hydrogen) atoms.